The highest BCUT2D eigenvalue weighted by Crippen LogP contribution is 2.09. The molecule has 0 spiro atoms. The monoisotopic (exact) mass is 275 g/mol. The summed E-state index contributed by atoms with van der Waals surface area (Å²) in [4.78, 5) is 11.7. The van der Waals surface area contributed by atoms with Crippen molar-refractivity contribution < 1.29 is 13.6 Å². The van der Waals surface area contributed by atoms with Crippen molar-refractivity contribution >= 4 is 5.91 Å². The summed E-state index contributed by atoms with van der Waals surface area (Å²) >= 11 is 0. The predicted molar refractivity (Wildman–Crippen MR) is 73.1 cm³/mol. The molecule has 4 heteroatoms. The Bertz CT molecular complexity index is 626. The average molecular weight is 275 g/mol. The third-order valence-corrected chi connectivity index (χ3v) is 2.98. The van der Waals surface area contributed by atoms with Gasteiger partial charge in [-0.3, -0.25) is 4.79 Å². The number of halogens is 2. The van der Waals surface area contributed by atoms with E-state index in [1.165, 1.54) is 18.2 Å². The quantitative estimate of drug-likeness (QED) is 0.912. The van der Waals surface area contributed by atoms with Crippen molar-refractivity contribution in [1.82, 2.24) is 5.32 Å². The maximum Gasteiger partial charge on any atom is 0.224 e. The van der Waals surface area contributed by atoms with Crippen LogP contribution in [0, 0.1) is 18.6 Å². The Hall–Kier alpha value is -2.23. The van der Waals surface area contributed by atoms with E-state index in [1.54, 1.807) is 31.2 Å². The van der Waals surface area contributed by atoms with E-state index in [4.69, 9.17) is 0 Å². The number of nitrogens with one attached hydrogen (secondary N) is 1. The molecule has 104 valence electrons. The minimum Gasteiger partial charge on any atom is -0.352 e. The highest BCUT2D eigenvalue weighted by molar-refractivity contribution is 5.78. The van der Waals surface area contributed by atoms with Crippen LogP contribution in [0.25, 0.3) is 0 Å². The van der Waals surface area contributed by atoms with E-state index in [-0.39, 0.29) is 30.5 Å². The molecule has 0 unspecified atom stereocenters. The fourth-order valence-corrected chi connectivity index (χ4v) is 1.84. The molecule has 0 aliphatic heterocycles. The van der Waals surface area contributed by atoms with Crippen LogP contribution in [0.2, 0.25) is 0 Å². The van der Waals surface area contributed by atoms with Crippen LogP contribution in [0.3, 0.4) is 0 Å². The van der Waals surface area contributed by atoms with Gasteiger partial charge < -0.3 is 5.32 Å². The van der Waals surface area contributed by atoms with Crippen molar-refractivity contribution in [3.8, 4) is 0 Å². The second kappa shape index (κ2) is 6.28. The largest absolute Gasteiger partial charge is 0.352 e. The molecule has 0 fully saturated rings. The molecule has 0 bridgehead atoms. The summed E-state index contributed by atoms with van der Waals surface area (Å²) < 4.78 is 26.3. The van der Waals surface area contributed by atoms with Crippen molar-refractivity contribution in [3.63, 3.8) is 0 Å². The molecule has 2 rings (SSSR count). The van der Waals surface area contributed by atoms with E-state index < -0.39 is 0 Å². The van der Waals surface area contributed by atoms with Gasteiger partial charge in [0, 0.05) is 6.54 Å². The van der Waals surface area contributed by atoms with Gasteiger partial charge in [0.05, 0.1) is 6.42 Å². The zero-order valence-corrected chi connectivity index (χ0v) is 11.1. The molecule has 2 aromatic rings. The van der Waals surface area contributed by atoms with Crippen LogP contribution in [-0.2, 0) is 17.8 Å². The Kier molecular flexibility index (Phi) is 4.45. The van der Waals surface area contributed by atoms with Crippen LogP contribution >= 0.6 is 0 Å². The topological polar surface area (TPSA) is 29.1 Å². The van der Waals surface area contributed by atoms with Gasteiger partial charge in [-0.1, -0.05) is 24.3 Å². The second-order valence-corrected chi connectivity index (χ2v) is 4.67. The summed E-state index contributed by atoms with van der Waals surface area (Å²) in [5.41, 5.74) is 1.87. The van der Waals surface area contributed by atoms with Crippen molar-refractivity contribution in [2.45, 2.75) is 19.9 Å². The van der Waals surface area contributed by atoms with Gasteiger partial charge in [-0.25, -0.2) is 8.78 Å². The van der Waals surface area contributed by atoms with Crippen LogP contribution in [0.4, 0.5) is 8.78 Å². The van der Waals surface area contributed by atoms with Crippen LogP contribution in [0.5, 0.6) is 0 Å². The zero-order chi connectivity index (χ0) is 14.5. The molecule has 0 atom stereocenters. The van der Waals surface area contributed by atoms with Crippen LogP contribution < -0.4 is 5.32 Å². The molecule has 20 heavy (non-hydrogen) atoms. The van der Waals surface area contributed by atoms with Gasteiger partial charge in [0.2, 0.25) is 5.91 Å². The lowest BCUT2D eigenvalue weighted by Crippen LogP contribution is -2.24. The molecule has 0 radical (unpaired) electrons. The number of benzene rings is 2. The van der Waals surface area contributed by atoms with E-state index in [0.29, 0.717) is 16.7 Å². The van der Waals surface area contributed by atoms with Gasteiger partial charge in [-0.2, -0.15) is 0 Å². The summed E-state index contributed by atoms with van der Waals surface area (Å²) in [7, 11) is 0. The molecular formula is C16H15F2NO. The van der Waals surface area contributed by atoms with Crippen molar-refractivity contribution in [2.24, 2.45) is 0 Å². The molecule has 2 aromatic carbocycles. The summed E-state index contributed by atoms with van der Waals surface area (Å²) in [5, 5.41) is 2.69. The van der Waals surface area contributed by atoms with E-state index >= 15 is 0 Å². The Morgan fingerprint density at radius 1 is 1.10 bits per heavy atom. The molecule has 0 aliphatic rings. The lowest BCUT2D eigenvalue weighted by molar-refractivity contribution is -0.120. The number of amides is 1. The molecular weight excluding hydrogens is 260 g/mol. The van der Waals surface area contributed by atoms with E-state index in [9.17, 15) is 13.6 Å². The molecule has 0 heterocycles. The number of aryl methyl sites for hydroxylation is 1. The number of rotatable bonds is 4. The fraction of sp³-hybridized carbons (Fsp3) is 0.188. The Morgan fingerprint density at radius 3 is 2.60 bits per heavy atom. The van der Waals surface area contributed by atoms with Gasteiger partial charge >= 0.3 is 0 Å². The van der Waals surface area contributed by atoms with Crippen LogP contribution in [0.15, 0.2) is 42.5 Å². The van der Waals surface area contributed by atoms with Gasteiger partial charge in [0.1, 0.15) is 11.6 Å². The Morgan fingerprint density at radius 2 is 1.90 bits per heavy atom. The lowest BCUT2D eigenvalue weighted by atomic mass is 10.1. The predicted octanol–water partition coefficient (Wildman–Crippen LogP) is 3.13. The third-order valence-electron chi connectivity index (χ3n) is 2.98. The van der Waals surface area contributed by atoms with E-state index in [2.05, 4.69) is 5.32 Å². The SMILES string of the molecule is Cc1ccc(CNC(=O)Cc2cccc(F)c2)cc1F. The number of hydrogen-bond acceptors (Lipinski definition) is 1. The number of carbonyl (C=O) groups excluding carboxylic acids is 1. The first kappa shape index (κ1) is 14.2. The zero-order valence-electron chi connectivity index (χ0n) is 11.1. The second-order valence-electron chi connectivity index (χ2n) is 4.67. The maximum absolute atomic E-state index is 13.3. The van der Waals surface area contributed by atoms with Crippen molar-refractivity contribution in [2.75, 3.05) is 0 Å². The highest BCUT2D eigenvalue weighted by Gasteiger charge is 2.05. The maximum atomic E-state index is 13.3. The molecule has 0 aliphatic carbocycles. The van der Waals surface area contributed by atoms with Gasteiger partial charge in [-0.05, 0) is 41.8 Å². The smallest absolute Gasteiger partial charge is 0.224 e. The lowest BCUT2D eigenvalue weighted by Gasteiger charge is -2.06. The summed E-state index contributed by atoms with van der Waals surface area (Å²) in [6.45, 7) is 1.94. The molecule has 1 amide bonds. The highest BCUT2D eigenvalue weighted by atomic mass is 19.1. The number of hydrogen-bond donors (Lipinski definition) is 1. The minimum absolute atomic E-state index is 0.103. The first-order valence-corrected chi connectivity index (χ1v) is 6.31. The molecule has 1 N–H and O–H groups in total. The number of carbonyl (C=O) groups is 1. The fourth-order valence-electron chi connectivity index (χ4n) is 1.84. The third kappa shape index (κ3) is 3.88. The van der Waals surface area contributed by atoms with Gasteiger partial charge in [0.15, 0.2) is 0 Å². The van der Waals surface area contributed by atoms with Crippen molar-refractivity contribution in [3.05, 3.63) is 70.8 Å². The summed E-state index contributed by atoms with van der Waals surface area (Å²) in [5.74, 6) is -0.880. The van der Waals surface area contributed by atoms with Crippen LogP contribution in [0.1, 0.15) is 16.7 Å². The normalized spacial score (nSPS) is 10.3. The summed E-state index contributed by atoms with van der Waals surface area (Å²) in [6.07, 6.45) is 0.103. The van der Waals surface area contributed by atoms with Crippen molar-refractivity contribution in [1.29, 1.82) is 0 Å². The first-order chi connectivity index (χ1) is 9.54. The molecule has 0 saturated heterocycles. The standard InChI is InChI=1S/C16H15F2NO/c1-11-5-6-13(8-15(11)18)10-19-16(20)9-12-3-2-4-14(17)7-12/h2-8H,9-10H2,1H3,(H,19,20). The first-order valence-electron chi connectivity index (χ1n) is 6.31. The Labute approximate surface area is 116 Å². The van der Waals surface area contributed by atoms with Gasteiger partial charge in [0.25, 0.3) is 0 Å². The summed E-state index contributed by atoms with van der Waals surface area (Å²) in [6, 6.07) is 10.7. The minimum atomic E-state index is -0.365. The Balaban J connectivity index is 1.90. The van der Waals surface area contributed by atoms with Gasteiger partial charge in [-0.15, -0.1) is 0 Å². The molecule has 0 aromatic heterocycles. The van der Waals surface area contributed by atoms with Crippen LogP contribution in [-0.4, -0.2) is 5.91 Å². The molecule has 0 saturated carbocycles. The van der Waals surface area contributed by atoms with E-state index in [1.807, 2.05) is 0 Å². The molecule has 2 nitrogen and oxygen atoms in total. The average Bonchev–Trinajstić information content (AvgIpc) is 2.40. The van der Waals surface area contributed by atoms with E-state index in [0.717, 1.165) is 0 Å².